The average Bonchev–Trinajstić information content (AvgIpc) is 4.11. The SMILES string of the molecule is c1ccc(-c2nnc(-c3ccccc3)n2-c2ccc3c4ccccc4n(-c4ccccc4-c4ccccc4-n4c5ccccc5c5c6sc7ccccc7c6ccc54)c3c2)cc1. The van der Waals surface area contributed by atoms with E-state index in [2.05, 4.69) is 214 Å². The Morgan fingerprint density at radius 2 is 0.839 bits per heavy atom. The Morgan fingerprint density at radius 1 is 0.339 bits per heavy atom. The maximum atomic E-state index is 4.81. The molecule has 6 heteroatoms. The minimum atomic E-state index is 0.792. The molecular weight excluding hydrogens is 775 g/mol. The predicted molar refractivity (Wildman–Crippen MR) is 259 cm³/mol. The van der Waals surface area contributed by atoms with Crippen molar-refractivity contribution >= 4 is 75.1 Å². The highest BCUT2D eigenvalue weighted by Gasteiger charge is 2.23. The number of para-hydroxylation sites is 4. The van der Waals surface area contributed by atoms with E-state index in [-0.39, 0.29) is 0 Å². The molecule has 0 fully saturated rings. The van der Waals surface area contributed by atoms with Crippen LogP contribution in [0.1, 0.15) is 0 Å². The van der Waals surface area contributed by atoms with E-state index in [0.29, 0.717) is 0 Å². The molecule has 0 aliphatic rings. The van der Waals surface area contributed by atoms with Crippen LogP contribution in [0.15, 0.2) is 212 Å². The Kier molecular flexibility index (Phi) is 7.71. The van der Waals surface area contributed by atoms with E-state index in [1.54, 1.807) is 0 Å². The van der Waals surface area contributed by atoms with Gasteiger partial charge in [0.05, 0.1) is 39.1 Å². The number of aromatic nitrogens is 5. The van der Waals surface area contributed by atoms with Crippen LogP contribution in [0.4, 0.5) is 0 Å². The predicted octanol–water partition coefficient (Wildman–Crippen LogP) is 14.8. The molecule has 4 heterocycles. The van der Waals surface area contributed by atoms with Gasteiger partial charge in [0.15, 0.2) is 11.6 Å². The van der Waals surface area contributed by atoms with Crippen molar-refractivity contribution in [3.05, 3.63) is 212 Å². The Bertz CT molecular complexity index is 3810. The summed E-state index contributed by atoms with van der Waals surface area (Å²) in [6.07, 6.45) is 0. The summed E-state index contributed by atoms with van der Waals surface area (Å²) in [6.45, 7) is 0. The highest BCUT2D eigenvalue weighted by Crippen LogP contribution is 2.45. The van der Waals surface area contributed by atoms with E-state index in [1.807, 2.05) is 23.5 Å². The van der Waals surface area contributed by atoms with E-state index < -0.39 is 0 Å². The first kappa shape index (κ1) is 34.8. The number of hydrogen-bond donors (Lipinski definition) is 0. The van der Waals surface area contributed by atoms with Gasteiger partial charge in [0, 0.05) is 64.0 Å². The zero-order chi connectivity index (χ0) is 40.7. The lowest BCUT2D eigenvalue weighted by Gasteiger charge is -2.19. The average molecular weight is 810 g/mol. The fourth-order valence-electron chi connectivity index (χ4n) is 9.72. The molecular formula is C56H35N5S. The number of benzene rings is 9. The summed E-state index contributed by atoms with van der Waals surface area (Å²) >= 11 is 1.89. The van der Waals surface area contributed by atoms with Crippen molar-refractivity contribution in [2.24, 2.45) is 0 Å². The van der Waals surface area contributed by atoms with Crippen LogP contribution in [-0.2, 0) is 0 Å². The van der Waals surface area contributed by atoms with Crippen LogP contribution in [0.25, 0.3) is 115 Å². The molecule has 0 saturated heterocycles. The molecule has 290 valence electrons. The first-order chi connectivity index (χ1) is 30.8. The number of nitrogens with zero attached hydrogens (tertiary/aromatic N) is 5. The maximum Gasteiger partial charge on any atom is 0.168 e. The Hall–Kier alpha value is -8.06. The molecule has 13 rings (SSSR count). The van der Waals surface area contributed by atoms with Crippen molar-refractivity contribution in [3.63, 3.8) is 0 Å². The monoisotopic (exact) mass is 809 g/mol. The van der Waals surface area contributed by atoms with Crippen LogP contribution in [-0.4, -0.2) is 23.9 Å². The van der Waals surface area contributed by atoms with Crippen molar-refractivity contribution in [1.29, 1.82) is 0 Å². The molecule has 0 aliphatic heterocycles. The molecule has 0 spiro atoms. The lowest BCUT2D eigenvalue weighted by Crippen LogP contribution is -2.03. The Morgan fingerprint density at radius 3 is 1.52 bits per heavy atom. The van der Waals surface area contributed by atoms with Crippen molar-refractivity contribution in [2.75, 3.05) is 0 Å². The fraction of sp³-hybridized carbons (Fsp3) is 0. The van der Waals surface area contributed by atoms with Crippen molar-refractivity contribution < 1.29 is 0 Å². The zero-order valence-electron chi connectivity index (χ0n) is 33.4. The lowest BCUT2D eigenvalue weighted by molar-refractivity contribution is 1.07. The summed E-state index contributed by atoms with van der Waals surface area (Å²) < 4.78 is 9.77. The largest absolute Gasteiger partial charge is 0.309 e. The first-order valence-corrected chi connectivity index (χ1v) is 21.7. The summed E-state index contributed by atoms with van der Waals surface area (Å²) in [5, 5.41) is 17.2. The molecule has 0 bridgehead atoms. The van der Waals surface area contributed by atoms with Crippen molar-refractivity contribution in [1.82, 2.24) is 23.9 Å². The third-order valence-corrected chi connectivity index (χ3v) is 13.6. The smallest absolute Gasteiger partial charge is 0.168 e. The van der Waals surface area contributed by atoms with E-state index in [1.165, 1.54) is 52.8 Å². The quantitative estimate of drug-likeness (QED) is 0.168. The molecule has 4 aromatic heterocycles. The maximum absolute atomic E-state index is 4.81. The highest BCUT2D eigenvalue weighted by atomic mass is 32.1. The second-order valence-electron chi connectivity index (χ2n) is 15.8. The number of rotatable bonds is 6. The minimum Gasteiger partial charge on any atom is -0.309 e. The van der Waals surface area contributed by atoms with Crippen LogP contribution < -0.4 is 0 Å². The van der Waals surface area contributed by atoms with Crippen LogP contribution in [0.3, 0.4) is 0 Å². The lowest BCUT2D eigenvalue weighted by atomic mass is 10.0. The van der Waals surface area contributed by atoms with Gasteiger partial charge in [-0.25, -0.2) is 0 Å². The molecule has 0 atom stereocenters. The molecule has 0 saturated carbocycles. The number of hydrogen-bond acceptors (Lipinski definition) is 3. The van der Waals surface area contributed by atoms with E-state index in [4.69, 9.17) is 10.2 Å². The summed E-state index contributed by atoms with van der Waals surface area (Å²) in [6, 6.07) is 76.3. The molecule has 9 aromatic carbocycles. The summed E-state index contributed by atoms with van der Waals surface area (Å²) in [5.41, 5.74) is 12.2. The molecule has 0 radical (unpaired) electrons. The Labute approximate surface area is 360 Å². The van der Waals surface area contributed by atoms with Gasteiger partial charge in [0.25, 0.3) is 0 Å². The summed E-state index contributed by atoms with van der Waals surface area (Å²) in [4.78, 5) is 0. The molecule has 0 amide bonds. The standard InChI is InChI=1S/C56H35N5S/c1-3-17-36(18-4-1)55-57-58-56(37-19-5-2-6-20-37)59(55)38-31-32-42-41-23-9-14-28-48(41)61(51(42)35-38)47-27-13-8-22-40(47)39-21-7-12-26-46(39)60-49-29-15-10-25-45(49)53-50(60)34-33-44-43-24-11-16-30-52(43)62-54(44)53/h1-35H. The van der Waals surface area contributed by atoms with Crippen LogP contribution in [0, 0.1) is 0 Å². The number of fused-ring (bicyclic) bond motifs is 10. The van der Waals surface area contributed by atoms with Gasteiger partial charge in [-0.1, -0.05) is 164 Å². The molecule has 0 aliphatic carbocycles. The zero-order valence-corrected chi connectivity index (χ0v) is 34.2. The molecule has 0 N–H and O–H groups in total. The highest BCUT2D eigenvalue weighted by molar-refractivity contribution is 7.26. The normalized spacial score (nSPS) is 11.9. The van der Waals surface area contributed by atoms with Crippen molar-refractivity contribution in [2.45, 2.75) is 0 Å². The molecule has 62 heavy (non-hydrogen) atoms. The van der Waals surface area contributed by atoms with Gasteiger partial charge in [-0.2, -0.15) is 0 Å². The van der Waals surface area contributed by atoms with Gasteiger partial charge in [-0.05, 0) is 48.5 Å². The molecule has 5 nitrogen and oxygen atoms in total. The summed E-state index contributed by atoms with van der Waals surface area (Å²) in [7, 11) is 0. The molecule has 0 unspecified atom stereocenters. The second kappa shape index (κ2) is 13.7. The third-order valence-electron chi connectivity index (χ3n) is 12.4. The van der Waals surface area contributed by atoms with Crippen LogP contribution >= 0.6 is 11.3 Å². The number of thiophene rings is 1. The minimum absolute atomic E-state index is 0.792. The fourth-order valence-corrected chi connectivity index (χ4v) is 11.0. The van der Waals surface area contributed by atoms with Gasteiger partial charge >= 0.3 is 0 Å². The Balaban J connectivity index is 1.06. The first-order valence-electron chi connectivity index (χ1n) is 20.9. The summed E-state index contributed by atoms with van der Waals surface area (Å²) in [5.74, 6) is 1.58. The van der Waals surface area contributed by atoms with Gasteiger partial charge < -0.3 is 9.13 Å². The van der Waals surface area contributed by atoms with Crippen LogP contribution in [0.2, 0.25) is 0 Å². The second-order valence-corrected chi connectivity index (χ2v) is 16.8. The van der Waals surface area contributed by atoms with E-state index in [9.17, 15) is 0 Å². The third kappa shape index (κ3) is 5.14. The topological polar surface area (TPSA) is 40.6 Å². The van der Waals surface area contributed by atoms with E-state index in [0.717, 1.165) is 62.0 Å². The van der Waals surface area contributed by atoms with E-state index >= 15 is 0 Å². The van der Waals surface area contributed by atoms with Crippen molar-refractivity contribution in [3.8, 4) is 51.0 Å². The van der Waals surface area contributed by atoms with Crippen LogP contribution in [0.5, 0.6) is 0 Å². The van der Waals surface area contributed by atoms with Gasteiger partial charge in [0.1, 0.15) is 0 Å². The molecule has 13 aromatic rings. The van der Waals surface area contributed by atoms with Gasteiger partial charge in [-0.3, -0.25) is 4.57 Å². The van der Waals surface area contributed by atoms with Gasteiger partial charge in [-0.15, -0.1) is 21.5 Å². The van der Waals surface area contributed by atoms with Gasteiger partial charge in [0.2, 0.25) is 0 Å².